The zero-order chi connectivity index (χ0) is 17.3. The maximum absolute atomic E-state index is 13.3. The number of hydrogen-bond acceptors (Lipinski definition) is 4. The number of halogens is 1. The SMILES string of the molecule is Cc1nn(Cc2ccn(-c3cccc(F)c3)n2)c(=O)c(C#N)c1C. The molecule has 1 aromatic carbocycles. The van der Waals surface area contributed by atoms with Crippen LogP contribution in [0.3, 0.4) is 0 Å². The van der Waals surface area contributed by atoms with Gasteiger partial charge in [0.1, 0.15) is 17.4 Å². The van der Waals surface area contributed by atoms with Crippen LogP contribution < -0.4 is 5.56 Å². The van der Waals surface area contributed by atoms with Crippen LogP contribution in [-0.2, 0) is 6.54 Å². The van der Waals surface area contributed by atoms with Gasteiger partial charge in [0.25, 0.3) is 5.56 Å². The van der Waals surface area contributed by atoms with E-state index in [1.807, 2.05) is 6.07 Å². The first kappa shape index (κ1) is 15.6. The van der Waals surface area contributed by atoms with Crippen LogP contribution >= 0.6 is 0 Å². The number of benzene rings is 1. The van der Waals surface area contributed by atoms with Crippen molar-refractivity contribution in [2.24, 2.45) is 0 Å². The van der Waals surface area contributed by atoms with Crippen LogP contribution in [0.1, 0.15) is 22.5 Å². The Morgan fingerprint density at radius 2 is 2.04 bits per heavy atom. The monoisotopic (exact) mass is 323 g/mol. The molecule has 0 saturated carbocycles. The molecule has 0 bridgehead atoms. The fourth-order valence-electron chi connectivity index (χ4n) is 2.37. The van der Waals surface area contributed by atoms with Gasteiger partial charge in [-0.05, 0) is 43.7 Å². The summed E-state index contributed by atoms with van der Waals surface area (Å²) in [7, 11) is 0. The average molecular weight is 323 g/mol. The lowest BCUT2D eigenvalue weighted by molar-refractivity contribution is 0.606. The van der Waals surface area contributed by atoms with Crippen molar-refractivity contribution in [2.75, 3.05) is 0 Å². The molecule has 0 atom stereocenters. The Kier molecular flexibility index (Phi) is 3.96. The van der Waals surface area contributed by atoms with E-state index in [2.05, 4.69) is 10.2 Å². The summed E-state index contributed by atoms with van der Waals surface area (Å²) >= 11 is 0. The second kappa shape index (κ2) is 6.08. The van der Waals surface area contributed by atoms with Gasteiger partial charge in [0.2, 0.25) is 0 Å². The maximum Gasteiger partial charge on any atom is 0.285 e. The molecule has 0 amide bonds. The zero-order valence-corrected chi connectivity index (χ0v) is 13.2. The molecule has 0 saturated heterocycles. The minimum absolute atomic E-state index is 0.0899. The summed E-state index contributed by atoms with van der Waals surface area (Å²) in [4.78, 5) is 12.3. The maximum atomic E-state index is 13.3. The Morgan fingerprint density at radius 3 is 2.75 bits per heavy atom. The van der Waals surface area contributed by atoms with Gasteiger partial charge in [0, 0.05) is 6.20 Å². The van der Waals surface area contributed by atoms with Gasteiger partial charge in [-0.3, -0.25) is 4.79 Å². The summed E-state index contributed by atoms with van der Waals surface area (Å²) in [6.45, 7) is 3.58. The zero-order valence-electron chi connectivity index (χ0n) is 13.2. The van der Waals surface area contributed by atoms with E-state index in [-0.39, 0.29) is 17.9 Å². The van der Waals surface area contributed by atoms with Gasteiger partial charge >= 0.3 is 0 Å². The minimum Gasteiger partial charge on any atom is -0.266 e. The normalized spacial score (nSPS) is 10.6. The molecule has 7 heteroatoms. The predicted octanol–water partition coefficient (Wildman–Crippen LogP) is 2.10. The molecule has 0 N–H and O–H groups in total. The lowest BCUT2D eigenvalue weighted by atomic mass is 10.1. The Labute approximate surface area is 137 Å². The fraction of sp³-hybridized carbons (Fsp3) is 0.176. The third kappa shape index (κ3) is 2.82. The fourth-order valence-corrected chi connectivity index (χ4v) is 2.37. The van der Waals surface area contributed by atoms with Crippen LogP contribution in [0.2, 0.25) is 0 Å². The molecular formula is C17H14FN5O. The van der Waals surface area contributed by atoms with Crippen LogP contribution in [0.15, 0.2) is 41.3 Å². The van der Waals surface area contributed by atoms with Crippen molar-refractivity contribution in [3.05, 3.63) is 75.2 Å². The van der Waals surface area contributed by atoms with Crippen molar-refractivity contribution >= 4 is 0 Å². The summed E-state index contributed by atoms with van der Waals surface area (Å²) in [6, 6.07) is 9.70. The molecule has 3 rings (SSSR count). The van der Waals surface area contributed by atoms with Crippen LogP contribution in [-0.4, -0.2) is 19.6 Å². The molecule has 2 heterocycles. The van der Waals surface area contributed by atoms with Crippen LogP contribution in [0.25, 0.3) is 5.69 Å². The quantitative estimate of drug-likeness (QED) is 0.739. The van der Waals surface area contributed by atoms with Gasteiger partial charge in [-0.15, -0.1) is 0 Å². The lowest BCUT2D eigenvalue weighted by Gasteiger charge is -2.07. The third-order valence-electron chi connectivity index (χ3n) is 3.78. The van der Waals surface area contributed by atoms with Gasteiger partial charge in [0.05, 0.1) is 23.6 Å². The third-order valence-corrected chi connectivity index (χ3v) is 3.78. The van der Waals surface area contributed by atoms with E-state index in [1.54, 1.807) is 38.2 Å². The topological polar surface area (TPSA) is 76.5 Å². The molecule has 6 nitrogen and oxygen atoms in total. The standard InChI is InChI=1S/C17H14FN5O/c1-11-12(2)20-23(17(24)16(11)9-19)10-14-6-7-22(21-14)15-5-3-4-13(18)8-15/h3-8H,10H2,1-2H3. The lowest BCUT2D eigenvalue weighted by Crippen LogP contribution is -2.28. The molecule has 0 aliphatic heterocycles. The summed E-state index contributed by atoms with van der Waals surface area (Å²) in [6.07, 6.45) is 1.68. The van der Waals surface area contributed by atoms with Crippen LogP contribution in [0, 0.1) is 31.0 Å². The summed E-state index contributed by atoms with van der Waals surface area (Å²) in [5, 5.41) is 17.7. The van der Waals surface area contributed by atoms with E-state index in [0.717, 1.165) is 0 Å². The molecule has 0 aliphatic rings. The number of aromatic nitrogens is 4. The van der Waals surface area contributed by atoms with Crippen molar-refractivity contribution in [1.29, 1.82) is 5.26 Å². The molecule has 2 aromatic heterocycles. The van der Waals surface area contributed by atoms with E-state index in [9.17, 15) is 9.18 Å². The predicted molar refractivity (Wildman–Crippen MR) is 85.3 cm³/mol. The summed E-state index contributed by atoms with van der Waals surface area (Å²) < 4.78 is 16.0. The van der Waals surface area contributed by atoms with Gasteiger partial charge in [-0.2, -0.15) is 15.5 Å². The van der Waals surface area contributed by atoms with E-state index in [4.69, 9.17) is 5.26 Å². The number of hydrogen-bond donors (Lipinski definition) is 0. The molecule has 0 fully saturated rings. The number of rotatable bonds is 3. The Bertz CT molecular complexity index is 1010. The molecule has 0 aliphatic carbocycles. The van der Waals surface area contributed by atoms with Crippen molar-refractivity contribution in [3.63, 3.8) is 0 Å². The average Bonchev–Trinajstić information content (AvgIpc) is 3.02. The molecule has 0 spiro atoms. The minimum atomic E-state index is -0.444. The Morgan fingerprint density at radius 1 is 1.25 bits per heavy atom. The van der Waals surface area contributed by atoms with E-state index < -0.39 is 5.56 Å². The second-order valence-electron chi connectivity index (χ2n) is 5.39. The first-order valence-corrected chi connectivity index (χ1v) is 7.28. The van der Waals surface area contributed by atoms with Gasteiger partial charge in [-0.1, -0.05) is 6.07 Å². The second-order valence-corrected chi connectivity index (χ2v) is 5.39. The van der Waals surface area contributed by atoms with Crippen molar-refractivity contribution in [3.8, 4) is 11.8 Å². The van der Waals surface area contributed by atoms with E-state index >= 15 is 0 Å². The molecule has 0 unspecified atom stereocenters. The van der Waals surface area contributed by atoms with Crippen molar-refractivity contribution in [2.45, 2.75) is 20.4 Å². The highest BCUT2D eigenvalue weighted by molar-refractivity contribution is 5.36. The number of nitriles is 1. The molecule has 24 heavy (non-hydrogen) atoms. The largest absolute Gasteiger partial charge is 0.285 e. The molecule has 120 valence electrons. The summed E-state index contributed by atoms with van der Waals surface area (Å²) in [5.41, 5.74) is 2.02. The summed E-state index contributed by atoms with van der Waals surface area (Å²) in [5.74, 6) is -0.352. The number of aryl methyl sites for hydroxylation is 1. The smallest absolute Gasteiger partial charge is 0.266 e. The Hall–Kier alpha value is -3.27. The Balaban J connectivity index is 1.95. The highest BCUT2D eigenvalue weighted by Crippen LogP contribution is 2.10. The van der Waals surface area contributed by atoms with Crippen molar-refractivity contribution < 1.29 is 4.39 Å². The van der Waals surface area contributed by atoms with Crippen LogP contribution in [0.4, 0.5) is 4.39 Å². The first-order valence-electron chi connectivity index (χ1n) is 7.28. The number of nitrogens with zero attached hydrogens (tertiary/aromatic N) is 5. The van der Waals surface area contributed by atoms with Gasteiger partial charge < -0.3 is 0 Å². The van der Waals surface area contributed by atoms with Crippen molar-refractivity contribution in [1.82, 2.24) is 19.6 Å². The molecule has 3 aromatic rings. The van der Waals surface area contributed by atoms with E-state index in [0.29, 0.717) is 22.6 Å². The van der Waals surface area contributed by atoms with Gasteiger partial charge in [-0.25, -0.2) is 13.8 Å². The highest BCUT2D eigenvalue weighted by atomic mass is 19.1. The molecular weight excluding hydrogens is 309 g/mol. The highest BCUT2D eigenvalue weighted by Gasteiger charge is 2.13. The van der Waals surface area contributed by atoms with Crippen LogP contribution in [0.5, 0.6) is 0 Å². The van der Waals surface area contributed by atoms with E-state index in [1.165, 1.54) is 21.5 Å². The molecule has 0 radical (unpaired) electrons. The van der Waals surface area contributed by atoms with Gasteiger partial charge in [0.15, 0.2) is 0 Å². The first-order chi connectivity index (χ1) is 11.5.